The topological polar surface area (TPSA) is 116 Å². The molecule has 0 fully saturated rings. The first-order valence-electron chi connectivity index (χ1n) is 10.2. The Morgan fingerprint density at radius 1 is 1.34 bits per heavy atom. The van der Waals surface area contributed by atoms with Crippen LogP contribution < -0.4 is 15.0 Å². The van der Waals surface area contributed by atoms with E-state index in [-0.39, 0.29) is 5.91 Å². The van der Waals surface area contributed by atoms with Crippen LogP contribution in [-0.2, 0) is 17.8 Å². The normalized spacial score (nSPS) is 10.5. The molecule has 0 saturated carbocycles. The van der Waals surface area contributed by atoms with E-state index in [1.807, 2.05) is 36.7 Å². The van der Waals surface area contributed by atoms with E-state index in [9.17, 15) is 4.79 Å². The Balaban J connectivity index is 0.000000913. The Labute approximate surface area is 185 Å². The van der Waals surface area contributed by atoms with Crippen LogP contribution in [0, 0.1) is 13.8 Å². The number of nitrogens with one attached hydrogen (secondary N) is 1. The number of imidazole rings is 1. The fourth-order valence-electron chi connectivity index (χ4n) is 3.48. The highest BCUT2D eigenvalue weighted by atomic mass is 16.5. The van der Waals surface area contributed by atoms with Gasteiger partial charge in [0.2, 0.25) is 0 Å². The van der Waals surface area contributed by atoms with E-state index in [1.54, 1.807) is 18.3 Å². The van der Waals surface area contributed by atoms with Crippen molar-refractivity contribution in [2.24, 2.45) is 0 Å². The van der Waals surface area contributed by atoms with Crippen LogP contribution in [0.15, 0.2) is 53.6 Å². The van der Waals surface area contributed by atoms with Crippen molar-refractivity contribution < 1.29 is 23.8 Å². The van der Waals surface area contributed by atoms with Gasteiger partial charge in [0.05, 0.1) is 29.7 Å². The van der Waals surface area contributed by atoms with E-state index in [2.05, 4.69) is 39.2 Å². The van der Waals surface area contributed by atoms with Gasteiger partial charge in [-0.3, -0.25) is 9.20 Å². The van der Waals surface area contributed by atoms with Gasteiger partial charge in [-0.15, -0.1) is 0 Å². The van der Waals surface area contributed by atoms with Gasteiger partial charge >= 0.3 is 0 Å². The third-order valence-corrected chi connectivity index (χ3v) is 5.05. The molecule has 0 aliphatic rings. The molecule has 0 aromatic carbocycles. The number of pyridine rings is 2. The van der Waals surface area contributed by atoms with Crippen LogP contribution in [0.4, 0.5) is 0 Å². The van der Waals surface area contributed by atoms with Crippen molar-refractivity contribution >= 4 is 18.0 Å². The van der Waals surface area contributed by atoms with Gasteiger partial charge < -0.3 is 19.7 Å². The van der Waals surface area contributed by atoms with Crippen molar-refractivity contribution in [2.45, 2.75) is 33.7 Å². The second-order valence-corrected chi connectivity index (χ2v) is 7.14. The molecule has 0 unspecified atom stereocenters. The molecular formula is C23H25N5O4. The van der Waals surface area contributed by atoms with E-state index in [4.69, 9.17) is 14.4 Å². The number of nitrogens with zero attached hydrogens (tertiary/aromatic N) is 4. The predicted molar refractivity (Wildman–Crippen MR) is 115 cm³/mol. The molecule has 0 bridgehead atoms. The Morgan fingerprint density at radius 3 is 2.81 bits per heavy atom. The average molecular weight is 435 g/mol. The largest absolute Gasteiger partial charge is 0.554 e. The number of hydrogen-bond acceptors (Lipinski definition) is 6. The summed E-state index contributed by atoms with van der Waals surface area (Å²) in [5, 5.41) is 15.2. The number of carboxylic acid groups (broad SMARTS) is 1. The summed E-state index contributed by atoms with van der Waals surface area (Å²) >= 11 is 0. The first kappa shape index (κ1) is 22.7. The van der Waals surface area contributed by atoms with Crippen LogP contribution in [-0.4, -0.2) is 33.5 Å². The lowest BCUT2D eigenvalue weighted by molar-refractivity contribution is -0.695. The SMILES string of the molecule is CCc1ccc[n+](CCNC(=O)c2ccn3c(-c4c(C)noc4C)cnc3c2)c1.O=C[O-]. The standard InChI is InChI=1S/C22H23N5O2.CH2O2/c1-4-17-6-5-9-26(14-17)11-8-23-22(28)18-7-10-27-19(13-24-20(27)12-18)21-15(2)25-29-16(21)3;2-1-3/h5-7,9-10,12-14H,4,8,11H2,1-3H3;1H,(H,2,3). The second kappa shape index (κ2) is 10.3. The lowest BCUT2D eigenvalue weighted by atomic mass is 10.1. The molecule has 1 amide bonds. The van der Waals surface area contributed by atoms with Crippen molar-refractivity contribution in [1.82, 2.24) is 19.9 Å². The summed E-state index contributed by atoms with van der Waals surface area (Å²) in [6, 6.07) is 7.73. The lowest BCUT2D eigenvalue weighted by Crippen LogP contribution is -2.40. The maximum absolute atomic E-state index is 12.6. The Bertz CT molecular complexity index is 1210. The Kier molecular flexibility index (Phi) is 7.33. The first-order chi connectivity index (χ1) is 15.5. The zero-order valence-electron chi connectivity index (χ0n) is 18.2. The number of hydrogen-bond donors (Lipinski definition) is 1. The van der Waals surface area contributed by atoms with Crippen LogP contribution in [0.1, 0.15) is 34.3 Å². The van der Waals surface area contributed by atoms with Crippen LogP contribution in [0.2, 0.25) is 0 Å². The molecule has 4 aromatic rings. The summed E-state index contributed by atoms with van der Waals surface area (Å²) < 4.78 is 9.30. The zero-order valence-corrected chi connectivity index (χ0v) is 18.2. The lowest BCUT2D eigenvalue weighted by Gasteiger charge is -2.06. The van der Waals surface area contributed by atoms with Gasteiger partial charge in [0.25, 0.3) is 5.91 Å². The number of rotatable bonds is 6. The van der Waals surface area contributed by atoms with E-state index >= 15 is 0 Å². The van der Waals surface area contributed by atoms with Crippen molar-refractivity contribution in [1.29, 1.82) is 0 Å². The van der Waals surface area contributed by atoms with Crippen molar-refractivity contribution in [2.75, 3.05) is 6.54 Å². The third-order valence-electron chi connectivity index (χ3n) is 5.05. The second-order valence-electron chi connectivity index (χ2n) is 7.14. The number of carbonyl (C=O) groups is 2. The zero-order chi connectivity index (χ0) is 23.1. The molecule has 0 radical (unpaired) electrons. The Morgan fingerprint density at radius 2 is 2.12 bits per heavy atom. The summed E-state index contributed by atoms with van der Waals surface area (Å²) in [4.78, 5) is 25.3. The Hall–Kier alpha value is -4.01. The fraction of sp³-hybridized carbons (Fsp3) is 0.261. The monoisotopic (exact) mass is 435 g/mol. The van der Waals surface area contributed by atoms with Gasteiger partial charge in [0.15, 0.2) is 18.9 Å². The molecule has 9 nitrogen and oxygen atoms in total. The van der Waals surface area contributed by atoms with Crippen molar-refractivity contribution in [3.63, 3.8) is 0 Å². The van der Waals surface area contributed by atoms with Crippen LogP contribution in [0.25, 0.3) is 16.9 Å². The van der Waals surface area contributed by atoms with E-state index in [0.29, 0.717) is 17.8 Å². The molecule has 4 heterocycles. The minimum absolute atomic E-state index is 0.110. The molecule has 0 atom stereocenters. The van der Waals surface area contributed by atoms with Gasteiger partial charge in [-0.25, -0.2) is 9.55 Å². The number of fused-ring (bicyclic) bond motifs is 1. The molecular weight excluding hydrogens is 410 g/mol. The molecule has 1 N–H and O–H groups in total. The van der Waals surface area contributed by atoms with E-state index < -0.39 is 6.47 Å². The summed E-state index contributed by atoms with van der Waals surface area (Å²) in [5.41, 5.74) is 5.21. The third kappa shape index (κ3) is 5.00. The number of carbonyl (C=O) groups excluding carboxylic acids is 2. The smallest absolute Gasteiger partial charge is 0.251 e. The van der Waals surface area contributed by atoms with Gasteiger partial charge in [0, 0.05) is 29.9 Å². The van der Waals surface area contributed by atoms with Crippen LogP contribution >= 0.6 is 0 Å². The summed E-state index contributed by atoms with van der Waals surface area (Å²) in [6.07, 6.45) is 8.75. The highest BCUT2D eigenvalue weighted by Gasteiger charge is 2.17. The van der Waals surface area contributed by atoms with Gasteiger partial charge in [-0.1, -0.05) is 12.1 Å². The fourth-order valence-corrected chi connectivity index (χ4v) is 3.48. The summed E-state index contributed by atoms with van der Waals surface area (Å²) in [6.45, 7) is 6.69. The minimum Gasteiger partial charge on any atom is -0.554 e. The van der Waals surface area contributed by atoms with Gasteiger partial charge in [0.1, 0.15) is 11.4 Å². The predicted octanol–water partition coefficient (Wildman–Crippen LogP) is 1.25. The molecule has 0 aliphatic heterocycles. The molecule has 166 valence electrons. The quantitative estimate of drug-likeness (QED) is 0.360. The molecule has 32 heavy (non-hydrogen) atoms. The van der Waals surface area contributed by atoms with Crippen LogP contribution in [0.5, 0.6) is 0 Å². The number of aryl methyl sites for hydroxylation is 3. The number of aromatic nitrogens is 4. The van der Waals surface area contributed by atoms with Gasteiger partial charge in [-0.2, -0.15) is 0 Å². The molecule has 4 rings (SSSR count). The molecule has 0 aliphatic carbocycles. The van der Waals surface area contributed by atoms with Crippen LogP contribution in [0.3, 0.4) is 0 Å². The molecule has 9 heteroatoms. The molecule has 0 saturated heterocycles. The summed E-state index contributed by atoms with van der Waals surface area (Å²) in [7, 11) is 0. The summed E-state index contributed by atoms with van der Waals surface area (Å²) in [5.74, 6) is 0.636. The number of amides is 1. The highest BCUT2D eigenvalue weighted by Crippen LogP contribution is 2.27. The molecule has 0 spiro atoms. The molecule has 4 aromatic heterocycles. The minimum atomic E-state index is -0.500. The van der Waals surface area contributed by atoms with Crippen molar-refractivity contribution in [3.8, 4) is 11.3 Å². The van der Waals surface area contributed by atoms with E-state index in [1.165, 1.54) is 5.56 Å². The maximum Gasteiger partial charge on any atom is 0.251 e. The average Bonchev–Trinajstić information content (AvgIpc) is 3.35. The first-order valence-corrected chi connectivity index (χ1v) is 10.2. The van der Waals surface area contributed by atoms with Gasteiger partial charge in [-0.05, 0) is 38.5 Å². The maximum atomic E-state index is 12.6. The van der Waals surface area contributed by atoms with Crippen molar-refractivity contribution in [3.05, 3.63) is 71.6 Å². The van der Waals surface area contributed by atoms with E-state index in [0.717, 1.165) is 35.7 Å². The highest BCUT2D eigenvalue weighted by molar-refractivity contribution is 5.95.